The molecule has 5 nitrogen and oxygen atoms in total. The Bertz CT molecular complexity index is 1070. The lowest BCUT2D eigenvalue weighted by Crippen LogP contribution is -2.41. The second-order valence-electron chi connectivity index (χ2n) is 7.21. The van der Waals surface area contributed by atoms with Crippen molar-refractivity contribution in [1.82, 2.24) is 9.88 Å². The van der Waals surface area contributed by atoms with E-state index < -0.39 is 0 Å². The minimum Gasteiger partial charge on any atom is -0.490 e. The molecule has 3 aromatic rings. The van der Waals surface area contributed by atoms with Crippen LogP contribution in [0.1, 0.15) is 28.8 Å². The van der Waals surface area contributed by atoms with Crippen molar-refractivity contribution in [2.75, 3.05) is 13.1 Å². The molecule has 1 aliphatic heterocycles. The van der Waals surface area contributed by atoms with E-state index in [4.69, 9.17) is 10.00 Å². The van der Waals surface area contributed by atoms with Gasteiger partial charge in [-0.1, -0.05) is 12.1 Å². The first-order valence-corrected chi connectivity index (χ1v) is 9.79. The number of amides is 1. The van der Waals surface area contributed by atoms with Gasteiger partial charge >= 0.3 is 0 Å². The molecule has 1 amide bonds. The van der Waals surface area contributed by atoms with Gasteiger partial charge in [0.25, 0.3) is 5.91 Å². The molecule has 1 aliphatic rings. The third-order valence-electron chi connectivity index (χ3n) is 5.18. The lowest BCUT2D eigenvalue weighted by Gasteiger charge is -2.32. The standard InChI is InChI=1S/C24H20FN3O2/c25-21-5-3-18(4-6-21)19-13-20(16-27-15-19)24(29)28-11-9-23(10-12-28)30-22-7-1-17(14-26)2-8-22/h1-8,13,15-16,23H,9-12H2. The number of benzene rings is 2. The Morgan fingerprint density at radius 3 is 2.40 bits per heavy atom. The highest BCUT2D eigenvalue weighted by Crippen LogP contribution is 2.23. The van der Waals surface area contributed by atoms with E-state index >= 15 is 0 Å². The zero-order valence-corrected chi connectivity index (χ0v) is 16.3. The number of pyridine rings is 1. The molecule has 30 heavy (non-hydrogen) atoms. The number of carbonyl (C=O) groups is 1. The molecule has 0 aliphatic carbocycles. The molecule has 1 saturated heterocycles. The van der Waals surface area contributed by atoms with E-state index in [-0.39, 0.29) is 17.8 Å². The van der Waals surface area contributed by atoms with Crippen LogP contribution < -0.4 is 4.74 Å². The van der Waals surface area contributed by atoms with Gasteiger partial charge in [0.1, 0.15) is 17.7 Å². The van der Waals surface area contributed by atoms with Gasteiger partial charge < -0.3 is 9.64 Å². The summed E-state index contributed by atoms with van der Waals surface area (Å²) in [5, 5.41) is 8.87. The van der Waals surface area contributed by atoms with E-state index in [9.17, 15) is 9.18 Å². The van der Waals surface area contributed by atoms with Crippen molar-refractivity contribution >= 4 is 5.91 Å². The SMILES string of the molecule is N#Cc1ccc(OC2CCN(C(=O)c3cncc(-c4ccc(F)cc4)c3)CC2)cc1. The average Bonchev–Trinajstić information content (AvgIpc) is 2.80. The van der Waals surface area contributed by atoms with Gasteiger partial charge in [-0.05, 0) is 48.0 Å². The number of nitriles is 1. The van der Waals surface area contributed by atoms with Crippen LogP contribution in [-0.4, -0.2) is 35.0 Å². The van der Waals surface area contributed by atoms with Crippen LogP contribution >= 0.6 is 0 Å². The van der Waals surface area contributed by atoms with Crippen molar-refractivity contribution in [2.45, 2.75) is 18.9 Å². The van der Waals surface area contributed by atoms with Gasteiger partial charge in [0.05, 0.1) is 17.2 Å². The summed E-state index contributed by atoms with van der Waals surface area (Å²) >= 11 is 0. The van der Waals surface area contributed by atoms with Crippen molar-refractivity contribution in [2.24, 2.45) is 0 Å². The van der Waals surface area contributed by atoms with E-state index in [1.54, 1.807) is 54.9 Å². The zero-order chi connectivity index (χ0) is 20.9. The van der Waals surface area contributed by atoms with E-state index in [1.807, 2.05) is 4.90 Å². The number of halogens is 1. The predicted octanol–water partition coefficient (Wildman–Crippen LogP) is 4.44. The summed E-state index contributed by atoms with van der Waals surface area (Å²) in [4.78, 5) is 18.9. The fourth-order valence-corrected chi connectivity index (χ4v) is 3.52. The van der Waals surface area contributed by atoms with Crippen molar-refractivity contribution in [3.8, 4) is 22.9 Å². The van der Waals surface area contributed by atoms with E-state index in [0.717, 1.165) is 29.7 Å². The van der Waals surface area contributed by atoms with Crippen LogP contribution in [0.5, 0.6) is 5.75 Å². The number of piperidine rings is 1. The van der Waals surface area contributed by atoms with Crippen LogP contribution in [0.4, 0.5) is 4.39 Å². The Labute approximate surface area is 174 Å². The van der Waals surface area contributed by atoms with Crippen LogP contribution in [0.25, 0.3) is 11.1 Å². The highest BCUT2D eigenvalue weighted by atomic mass is 19.1. The largest absolute Gasteiger partial charge is 0.490 e. The minimum absolute atomic E-state index is 0.0330. The molecule has 0 unspecified atom stereocenters. The van der Waals surface area contributed by atoms with Gasteiger partial charge in [0.15, 0.2) is 0 Å². The number of hydrogen-bond acceptors (Lipinski definition) is 4. The van der Waals surface area contributed by atoms with Gasteiger partial charge in [-0.3, -0.25) is 9.78 Å². The molecule has 1 aromatic heterocycles. The van der Waals surface area contributed by atoms with Gasteiger partial charge in [-0.15, -0.1) is 0 Å². The third kappa shape index (κ3) is 4.47. The summed E-state index contributed by atoms with van der Waals surface area (Å²) in [6.45, 7) is 1.20. The van der Waals surface area contributed by atoms with Crippen molar-refractivity contribution in [3.63, 3.8) is 0 Å². The second-order valence-corrected chi connectivity index (χ2v) is 7.21. The number of hydrogen-bond donors (Lipinski definition) is 0. The van der Waals surface area contributed by atoms with Gasteiger partial charge in [0.2, 0.25) is 0 Å². The van der Waals surface area contributed by atoms with Gasteiger partial charge in [-0.25, -0.2) is 4.39 Å². The Balaban J connectivity index is 1.37. The first kappa shape index (κ1) is 19.6. The smallest absolute Gasteiger partial charge is 0.255 e. The summed E-state index contributed by atoms with van der Waals surface area (Å²) in [5.74, 6) is 0.364. The van der Waals surface area contributed by atoms with Crippen LogP contribution in [0.3, 0.4) is 0 Å². The molecule has 4 rings (SSSR count). The molecule has 0 radical (unpaired) electrons. The van der Waals surface area contributed by atoms with Crippen LogP contribution in [0.15, 0.2) is 67.0 Å². The molecule has 0 atom stereocenters. The lowest BCUT2D eigenvalue weighted by molar-refractivity contribution is 0.0595. The third-order valence-corrected chi connectivity index (χ3v) is 5.18. The molecule has 0 N–H and O–H groups in total. The average molecular weight is 401 g/mol. The summed E-state index contributed by atoms with van der Waals surface area (Å²) < 4.78 is 19.1. The predicted molar refractivity (Wildman–Crippen MR) is 110 cm³/mol. The molecule has 6 heteroatoms. The number of carbonyl (C=O) groups excluding carboxylic acids is 1. The number of rotatable bonds is 4. The zero-order valence-electron chi connectivity index (χ0n) is 16.3. The van der Waals surface area contributed by atoms with Gasteiger partial charge in [-0.2, -0.15) is 5.26 Å². The van der Waals surface area contributed by atoms with Crippen molar-refractivity contribution < 1.29 is 13.9 Å². The summed E-state index contributed by atoms with van der Waals surface area (Å²) in [5.41, 5.74) is 2.70. The van der Waals surface area contributed by atoms with Crippen LogP contribution in [0.2, 0.25) is 0 Å². The molecule has 2 heterocycles. The number of likely N-dealkylation sites (tertiary alicyclic amines) is 1. The monoisotopic (exact) mass is 401 g/mol. The maximum atomic E-state index is 13.2. The first-order valence-electron chi connectivity index (χ1n) is 9.79. The van der Waals surface area contributed by atoms with Crippen molar-refractivity contribution in [1.29, 1.82) is 5.26 Å². The molecule has 2 aromatic carbocycles. The quantitative estimate of drug-likeness (QED) is 0.648. The van der Waals surface area contributed by atoms with Crippen molar-refractivity contribution in [3.05, 3.63) is 83.9 Å². The Kier molecular flexibility index (Phi) is 5.71. The van der Waals surface area contributed by atoms with E-state index in [0.29, 0.717) is 24.2 Å². The molecule has 0 spiro atoms. The fraction of sp³-hybridized carbons (Fsp3) is 0.208. The fourth-order valence-electron chi connectivity index (χ4n) is 3.52. The summed E-state index contributed by atoms with van der Waals surface area (Å²) in [6.07, 6.45) is 4.73. The van der Waals surface area contributed by atoms with Crippen LogP contribution in [-0.2, 0) is 0 Å². The number of ether oxygens (including phenoxy) is 1. The maximum absolute atomic E-state index is 13.2. The molecule has 0 saturated carbocycles. The van der Waals surface area contributed by atoms with E-state index in [2.05, 4.69) is 11.1 Å². The lowest BCUT2D eigenvalue weighted by atomic mass is 10.0. The molecular weight excluding hydrogens is 381 g/mol. The molecule has 0 bridgehead atoms. The van der Waals surface area contributed by atoms with Gasteiger partial charge in [0, 0.05) is 43.9 Å². The second kappa shape index (κ2) is 8.75. The maximum Gasteiger partial charge on any atom is 0.255 e. The molecule has 150 valence electrons. The van der Waals surface area contributed by atoms with E-state index in [1.165, 1.54) is 12.1 Å². The minimum atomic E-state index is -0.301. The summed E-state index contributed by atoms with van der Waals surface area (Å²) in [6, 6.07) is 17.1. The molecule has 1 fully saturated rings. The Hall–Kier alpha value is -3.72. The number of aromatic nitrogens is 1. The first-order chi connectivity index (χ1) is 14.6. The normalized spacial score (nSPS) is 14.2. The Morgan fingerprint density at radius 2 is 1.73 bits per heavy atom. The summed E-state index contributed by atoms with van der Waals surface area (Å²) in [7, 11) is 0. The van der Waals surface area contributed by atoms with Crippen LogP contribution in [0, 0.1) is 17.1 Å². The Morgan fingerprint density at radius 1 is 1.03 bits per heavy atom. The molecular formula is C24H20FN3O2. The topological polar surface area (TPSA) is 66.2 Å². The highest BCUT2D eigenvalue weighted by molar-refractivity contribution is 5.95. The number of nitrogens with zero attached hydrogens (tertiary/aromatic N) is 3. The highest BCUT2D eigenvalue weighted by Gasteiger charge is 2.25.